The van der Waals surface area contributed by atoms with E-state index in [1.807, 2.05) is 0 Å². The van der Waals surface area contributed by atoms with Crippen LogP contribution in [0, 0.1) is 11.8 Å². The number of methoxy groups -OCH3 is 2. The van der Waals surface area contributed by atoms with Crippen molar-refractivity contribution in [2.75, 3.05) is 27.3 Å². The van der Waals surface area contributed by atoms with Gasteiger partial charge in [0.15, 0.2) is 5.79 Å². The maximum absolute atomic E-state index is 5.71. The SMILES string of the molecule is CCCCCCCCC(CC(C)CNCC)C(C)(OC)OC. The molecule has 0 rings (SSSR count). The summed E-state index contributed by atoms with van der Waals surface area (Å²) in [6.45, 7) is 11.0. The van der Waals surface area contributed by atoms with Crippen molar-refractivity contribution in [2.24, 2.45) is 11.8 Å². The molecule has 0 aromatic carbocycles. The predicted octanol–water partition coefficient (Wildman–Crippen LogP) is 5.00. The van der Waals surface area contributed by atoms with Crippen LogP contribution in [0.2, 0.25) is 0 Å². The third-order valence-corrected chi connectivity index (χ3v) is 4.89. The van der Waals surface area contributed by atoms with Gasteiger partial charge in [0.25, 0.3) is 0 Å². The highest BCUT2D eigenvalue weighted by Gasteiger charge is 2.34. The van der Waals surface area contributed by atoms with Crippen molar-refractivity contribution < 1.29 is 9.47 Å². The summed E-state index contributed by atoms with van der Waals surface area (Å²) in [5.74, 6) is 0.654. The largest absolute Gasteiger partial charge is 0.353 e. The Morgan fingerprint density at radius 2 is 1.55 bits per heavy atom. The molecule has 0 aliphatic carbocycles. The third kappa shape index (κ3) is 9.12. The molecule has 22 heavy (non-hydrogen) atoms. The van der Waals surface area contributed by atoms with Gasteiger partial charge in [-0.05, 0) is 38.8 Å². The van der Waals surface area contributed by atoms with Crippen molar-refractivity contribution >= 4 is 0 Å². The number of ether oxygens (including phenoxy) is 2. The maximum Gasteiger partial charge on any atom is 0.167 e. The van der Waals surface area contributed by atoms with E-state index in [1.54, 1.807) is 14.2 Å². The summed E-state index contributed by atoms with van der Waals surface area (Å²) < 4.78 is 11.4. The van der Waals surface area contributed by atoms with Crippen LogP contribution in [0.1, 0.15) is 79.1 Å². The molecular weight excluding hydrogens is 274 g/mol. The zero-order valence-electron chi connectivity index (χ0n) is 16.0. The molecule has 134 valence electrons. The van der Waals surface area contributed by atoms with E-state index in [2.05, 4.69) is 33.0 Å². The average Bonchev–Trinajstić information content (AvgIpc) is 2.54. The van der Waals surface area contributed by atoms with Crippen LogP contribution in [0.4, 0.5) is 0 Å². The molecule has 0 heterocycles. The third-order valence-electron chi connectivity index (χ3n) is 4.89. The van der Waals surface area contributed by atoms with Crippen LogP contribution in [-0.4, -0.2) is 33.1 Å². The molecule has 0 aliphatic rings. The predicted molar refractivity (Wildman–Crippen MR) is 96.2 cm³/mol. The van der Waals surface area contributed by atoms with E-state index in [9.17, 15) is 0 Å². The maximum atomic E-state index is 5.71. The molecule has 0 spiro atoms. The molecule has 2 unspecified atom stereocenters. The van der Waals surface area contributed by atoms with Gasteiger partial charge >= 0.3 is 0 Å². The summed E-state index contributed by atoms with van der Waals surface area (Å²) in [4.78, 5) is 0. The van der Waals surface area contributed by atoms with Gasteiger partial charge in [-0.1, -0.05) is 59.3 Å². The zero-order chi connectivity index (χ0) is 16.8. The van der Waals surface area contributed by atoms with E-state index >= 15 is 0 Å². The Labute approximate surface area is 139 Å². The van der Waals surface area contributed by atoms with Crippen LogP contribution in [0.15, 0.2) is 0 Å². The fourth-order valence-electron chi connectivity index (χ4n) is 3.14. The summed E-state index contributed by atoms with van der Waals surface area (Å²) >= 11 is 0. The molecule has 2 atom stereocenters. The van der Waals surface area contributed by atoms with Crippen molar-refractivity contribution in [3.8, 4) is 0 Å². The molecule has 0 amide bonds. The number of nitrogens with one attached hydrogen (secondary N) is 1. The highest BCUT2D eigenvalue weighted by molar-refractivity contribution is 4.77. The average molecular weight is 316 g/mol. The Morgan fingerprint density at radius 3 is 2.09 bits per heavy atom. The van der Waals surface area contributed by atoms with Crippen LogP contribution in [0.5, 0.6) is 0 Å². The van der Waals surface area contributed by atoms with E-state index < -0.39 is 5.79 Å². The second kappa shape index (κ2) is 13.3. The number of hydrogen-bond donors (Lipinski definition) is 1. The first-order chi connectivity index (χ1) is 10.5. The first-order valence-electron chi connectivity index (χ1n) is 9.35. The lowest BCUT2D eigenvalue weighted by Gasteiger charge is -2.36. The van der Waals surface area contributed by atoms with Crippen molar-refractivity contribution in [3.63, 3.8) is 0 Å². The van der Waals surface area contributed by atoms with Gasteiger partial charge in [0.2, 0.25) is 0 Å². The van der Waals surface area contributed by atoms with E-state index in [-0.39, 0.29) is 0 Å². The lowest BCUT2D eigenvalue weighted by molar-refractivity contribution is -0.231. The molecule has 1 N–H and O–H groups in total. The van der Waals surface area contributed by atoms with Crippen molar-refractivity contribution in [1.29, 1.82) is 0 Å². The molecule has 3 nitrogen and oxygen atoms in total. The molecule has 0 aromatic heterocycles. The van der Waals surface area contributed by atoms with Gasteiger partial charge in [0, 0.05) is 20.1 Å². The summed E-state index contributed by atoms with van der Waals surface area (Å²) in [5, 5.41) is 3.45. The molecule has 3 heteroatoms. The van der Waals surface area contributed by atoms with Crippen molar-refractivity contribution in [3.05, 3.63) is 0 Å². The minimum Gasteiger partial charge on any atom is -0.353 e. The van der Waals surface area contributed by atoms with Crippen LogP contribution in [0.3, 0.4) is 0 Å². The molecule has 0 fully saturated rings. The van der Waals surface area contributed by atoms with Gasteiger partial charge < -0.3 is 14.8 Å². The van der Waals surface area contributed by atoms with Crippen LogP contribution >= 0.6 is 0 Å². The fraction of sp³-hybridized carbons (Fsp3) is 1.00. The molecule has 0 aromatic rings. The van der Waals surface area contributed by atoms with E-state index in [0.717, 1.165) is 19.5 Å². The van der Waals surface area contributed by atoms with E-state index in [1.165, 1.54) is 44.9 Å². The highest BCUT2D eigenvalue weighted by atomic mass is 16.7. The number of hydrogen-bond acceptors (Lipinski definition) is 3. The standard InChI is InChI=1S/C19H41NO2/c1-7-9-10-11-12-13-14-18(19(4,21-5)22-6)15-17(3)16-20-8-2/h17-18,20H,7-16H2,1-6H3. The minimum atomic E-state index is -0.454. The van der Waals surface area contributed by atoms with Gasteiger partial charge in [0.1, 0.15) is 0 Å². The van der Waals surface area contributed by atoms with E-state index in [4.69, 9.17) is 9.47 Å². The molecular formula is C19H41NO2. The summed E-state index contributed by atoms with van der Waals surface area (Å²) in [6.07, 6.45) is 10.4. The lowest BCUT2D eigenvalue weighted by atomic mass is 9.85. The van der Waals surface area contributed by atoms with E-state index in [0.29, 0.717) is 11.8 Å². The molecule has 0 radical (unpaired) electrons. The minimum absolute atomic E-state index is 0.454. The van der Waals surface area contributed by atoms with Crippen LogP contribution < -0.4 is 5.32 Å². The Bertz CT molecular complexity index is 242. The quantitative estimate of drug-likeness (QED) is 0.341. The smallest absolute Gasteiger partial charge is 0.167 e. The Hall–Kier alpha value is -0.120. The molecule has 0 saturated carbocycles. The summed E-state index contributed by atoms with van der Waals surface area (Å²) in [7, 11) is 3.54. The number of rotatable bonds is 15. The topological polar surface area (TPSA) is 30.5 Å². The van der Waals surface area contributed by atoms with Crippen LogP contribution in [0.25, 0.3) is 0 Å². The molecule has 0 saturated heterocycles. The fourth-order valence-corrected chi connectivity index (χ4v) is 3.14. The Balaban J connectivity index is 4.34. The second-order valence-electron chi connectivity index (χ2n) is 6.83. The molecule has 0 bridgehead atoms. The zero-order valence-corrected chi connectivity index (χ0v) is 16.0. The second-order valence-corrected chi connectivity index (χ2v) is 6.83. The van der Waals surface area contributed by atoms with Crippen molar-refractivity contribution in [1.82, 2.24) is 5.32 Å². The van der Waals surface area contributed by atoms with Gasteiger partial charge in [0.05, 0.1) is 0 Å². The molecule has 0 aliphatic heterocycles. The summed E-state index contributed by atoms with van der Waals surface area (Å²) in [6, 6.07) is 0. The van der Waals surface area contributed by atoms with Gasteiger partial charge in [-0.3, -0.25) is 0 Å². The van der Waals surface area contributed by atoms with Gasteiger partial charge in [-0.25, -0.2) is 0 Å². The van der Waals surface area contributed by atoms with Gasteiger partial charge in [-0.2, -0.15) is 0 Å². The first-order valence-corrected chi connectivity index (χ1v) is 9.35. The normalized spacial score (nSPS) is 15.0. The monoisotopic (exact) mass is 315 g/mol. The lowest BCUT2D eigenvalue weighted by Crippen LogP contribution is -2.40. The number of unbranched alkanes of at least 4 members (excludes halogenated alkanes) is 5. The van der Waals surface area contributed by atoms with Crippen LogP contribution in [-0.2, 0) is 9.47 Å². The van der Waals surface area contributed by atoms with Gasteiger partial charge in [-0.15, -0.1) is 0 Å². The Kier molecular flexibility index (Phi) is 13.3. The summed E-state index contributed by atoms with van der Waals surface area (Å²) in [5.41, 5.74) is 0. The van der Waals surface area contributed by atoms with Crippen molar-refractivity contribution in [2.45, 2.75) is 84.8 Å². The first kappa shape index (κ1) is 21.9. The Morgan fingerprint density at radius 1 is 0.955 bits per heavy atom. The highest BCUT2D eigenvalue weighted by Crippen LogP contribution is 2.32.